The van der Waals surface area contributed by atoms with Crippen LogP contribution in [0.4, 0.5) is 4.39 Å². The van der Waals surface area contributed by atoms with Gasteiger partial charge in [-0.1, -0.05) is 12.1 Å². The summed E-state index contributed by atoms with van der Waals surface area (Å²) >= 11 is 7.16. The Morgan fingerprint density at radius 3 is 2.48 bits per heavy atom. The number of sulfonamides is 1. The first-order chi connectivity index (χ1) is 9.86. The first-order valence-electron chi connectivity index (χ1n) is 6.20. The van der Waals surface area contributed by atoms with Gasteiger partial charge in [0.15, 0.2) is 0 Å². The zero-order valence-corrected chi connectivity index (χ0v) is 14.0. The van der Waals surface area contributed by atoms with Gasteiger partial charge in [-0.3, -0.25) is 0 Å². The maximum Gasteiger partial charge on any atom is 0.244 e. The van der Waals surface area contributed by atoms with Gasteiger partial charge in [0.05, 0.1) is 5.88 Å². The summed E-state index contributed by atoms with van der Waals surface area (Å²) < 4.78 is 39.5. The molecule has 0 atom stereocenters. The van der Waals surface area contributed by atoms with Gasteiger partial charge >= 0.3 is 0 Å². The number of nitrogens with zero attached hydrogens (tertiary/aromatic N) is 1. The van der Waals surface area contributed by atoms with Crippen molar-refractivity contribution in [2.75, 3.05) is 7.05 Å². The molecule has 2 rings (SSSR count). The molecule has 0 aliphatic carbocycles. The van der Waals surface area contributed by atoms with E-state index in [4.69, 9.17) is 11.6 Å². The Balaban J connectivity index is 2.30. The largest absolute Gasteiger partial charge is 0.244 e. The summed E-state index contributed by atoms with van der Waals surface area (Å²) in [6.07, 6.45) is 0. The molecule has 114 valence electrons. The Morgan fingerprint density at radius 2 is 1.90 bits per heavy atom. The third-order valence-corrected chi connectivity index (χ3v) is 6.79. The predicted molar refractivity (Wildman–Crippen MR) is 83.7 cm³/mol. The molecule has 0 N–H and O–H groups in total. The molecule has 2 aromatic rings. The molecule has 1 aromatic heterocycles. The van der Waals surface area contributed by atoms with Crippen molar-refractivity contribution in [2.24, 2.45) is 0 Å². The van der Waals surface area contributed by atoms with Gasteiger partial charge in [-0.25, -0.2) is 12.8 Å². The lowest BCUT2D eigenvalue weighted by Gasteiger charge is -2.18. The second-order valence-electron chi connectivity index (χ2n) is 4.69. The molecule has 7 heteroatoms. The van der Waals surface area contributed by atoms with Crippen LogP contribution >= 0.6 is 22.9 Å². The van der Waals surface area contributed by atoms with Crippen molar-refractivity contribution in [1.82, 2.24) is 4.31 Å². The Labute approximate surface area is 133 Å². The Hall–Kier alpha value is -0.950. The SMILES string of the molecule is Cc1csc(CCl)c1S(=O)(=O)N(C)Cc1ccc(F)cc1. The van der Waals surface area contributed by atoms with E-state index >= 15 is 0 Å². The van der Waals surface area contributed by atoms with Crippen LogP contribution in [0.3, 0.4) is 0 Å². The van der Waals surface area contributed by atoms with Crippen LogP contribution in [-0.4, -0.2) is 19.8 Å². The first-order valence-corrected chi connectivity index (χ1v) is 9.05. The van der Waals surface area contributed by atoms with Gasteiger partial charge in [-0.05, 0) is 35.6 Å². The standard InChI is InChI=1S/C14H15ClFNO2S2/c1-10-9-20-13(7-15)14(10)21(18,19)17(2)8-11-3-5-12(16)6-4-11/h3-6,9H,7-8H2,1-2H3. The van der Waals surface area contributed by atoms with E-state index in [9.17, 15) is 12.8 Å². The third kappa shape index (κ3) is 3.45. The van der Waals surface area contributed by atoms with E-state index in [1.54, 1.807) is 24.4 Å². The third-order valence-electron chi connectivity index (χ3n) is 3.10. The number of thiophene rings is 1. The van der Waals surface area contributed by atoms with Crippen LogP contribution in [0.15, 0.2) is 34.5 Å². The molecular formula is C14H15ClFNO2S2. The maximum atomic E-state index is 12.9. The summed E-state index contributed by atoms with van der Waals surface area (Å²) in [6, 6.07) is 5.78. The molecule has 1 heterocycles. The van der Waals surface area contributed by atoms with Crippen molar-refractivity contribution >= 4 is 33.0 Å². The Bertz CT molecular complexity index is 726. The van der Waals surface area contributed by atoms with Crippen LogP contribution in [-0.2, 0) is 22.4 Å². The predicted octanol–water partition coefficient (Wildman–Crippen LogP) is 3.76. The molecule has 0 spiro atoms. The second-order valence-corrected chi connectivity index (χ2v) is 7.91. The number of benzene rings is 1. The Morgan fingerprint density at radius 1 is 1.29 bits per heavy atom. The van der Waals surface area contributed by atoms with Gasteiger partial charge in [0, 0.05) is 18.5 Å². The number of hydrogen-bond acceptors (Lipinski definition) is 3. The van der Waals surface area contributed by atoms with Crippen LogP contribution in [0.25, 0.3) is 0 Å². The van der Waals surface area contributed by atoms with E-state index in [0.717, 1.165) is 5.56 Å². The molecule has 0 saturated heterocycles. The van der Waals surface area contributed by atoms with Crippen LogP contribution in [0.1, 0.15) is 16.0 Å². The minimum absolute atomic E-state index is 0.164. The highest BCUT2D eigenvalue weighted by atomic mass is 35.5. The summed E-state index contributed by atoms with van der Waals surface area (Å²) in [7, 11) is -2.10. The van der Waals surface area contributed by atoms with E-state index in [2.05, 4.69) is 0 Å². The molecule has 0 bridgehead atoms. The summed E-state index contributed by atoms with van der Waals surface area (Å²) in [5.41, 5.74) is 1.42. The first kappa shape index (κ1) is 16.4. The van der Waals surface area contributed by atoms with E-state index in [1.807, 2.05) is 0 Å². The zero-order chi connectivity index (χ0) is 15.6. The van der Waals surface area contributed by atoms with Gasteiger partial charge in [-0.2, -0.15) is 4.31 Å². The molecule has 1 aromatic carbocycles. The Kier molecular flexibility index (Phi) is 5.03. The van der Waals surface area contributed by atoms with Gasteiger partial charge in [0.1, 0.15) is 10.7 Å². The minimum atomic E-state index is -3.61. The van der Waals surface area contributed by atoms with Crippen molar-refractivity contribution in [3.05, 3.63) is 51.5 Å². The fraction of sp³-hybridized carbons (Fsp3) is 0.286. The van der Waals surface area contributed by atoms with E-state index < -0.39 is 10.0 Å². The molecule has 0 radical (unpaired) electrons. The minimum Gasteiger partial charge on any atom is -0.207 e. The monoisotopic (exact) mass is 347 g/mol. The van der Waals surface area contributed by atoms with Crippen molar-refractivity contribution < 1.29 is 12.8 Å². The summed E-state index contributed by atoms with van der Waals surface area (Å²) in [6.45, 7) is 1.94. The van der Waals surface area contributed by atoms with Crippen molar-refractivity contribution in [3.8, 4) is 0 Å². The maximum absolute atomic E-state index is 12.9. The highest BCUT2D eigenvalue weighted by Gasteiger charge is 2.27. The number of rotatable bonds is 5. The van der Waals surface area contributed by atoms with Crippen LogP contribution in [0.5, 0.6) is 0 Å². The quantitative estimate of drug-likeness (QED) is 0.772. The van der Waals surface area contributed by atoms with Gasteiger partial charge in [-0.15, -0.1) is 22.9 Å². The lowest BCUT2D eigenvalue weighted by Crippen LogP contribution is -2.27. The van der Waals surface area contributed by atoms with E-state index in [-0.39, 0.29) is 23.1 Å². The molecule has 0 aliphatic rings. The van der Waals surface area contributed by atoms with Crippen molar-refractivity contribution in [2.45, 2.75) is 24.2 Å². The van der Waals surface area contributed by atoms with Crippen molar-refractivity contribution in [3.63, 3.8) is 0 Å². The summed E-state index contributed by atoms with van der Waals surface area (Å²) in [4.78, 5) is 0.923. The molecule has 0 saturated carbocycles. The molecule has 0 amide bonds. The molecule has 0 unspecified atom stereocenters. The van der Waals surface area contributed by atoms with E-state index in [0.29, 0.717) is 10.4 Å². The molecule has 0 aliphatic heterocycles. The lowest BCUT2D eigenvalue weighted by molar-refractivity contribution is 0.466. The average molecular weight is 348 g/mol. The fourth-order valence-corrected chi connectivity index (χ4v) is 5.17. The second kappa shape index (κ2) is 6.44. The topological polar surface area (TPSA) is 37.4 Å². The molecular weight excluding hydrogens is 333 g/mol. The molecule has 21 heavy (non-hydrogen) atoms. The number of hydrogen-bond donors (Lipinski definition) is 0. The number of aryl methyl sites for hydroxylation is 1. The highest BCUT2D eigenvalue weighted by Crippen LogP contribution is 2.30. The van der Waals surface area contributed by atoms with Gasteiger partial charge < -0.3 is 0 Å². The van der Waals surface area contributed by atoms with E-state index in [1.165, 1.54) is 34.8 Å². The van der Waals surface area contributed by atoms with Crippen LogP contribution in [0.2, 0.25) is 0 Å². The van der Waals surface area contributed by atoms with Gasteiger partial charge in [0.25, 0.3) is 0 Å². The van der Waals surface area contributed by atoms with Crippen molar-refractivity contribution in [1.29, 1.82) is 0 Å². The number of halogens is 2. The summed E-state index contributed by atoms with van der Waals surface area (Å²) in [5.74, 6) is -0.181. The lowest BCUT2D eigenvalue weighted by atomic mass is 10.2. The van der Waals surface area contributed by atoms with Gasteiger partial charge in [0.2, 0.25) is 10.0 Å². The van der Waals surface area contributed by atoms with Crippen LogP contribution in [0, 0.1) is 12.7 Å². The fourth-order valence-electron chi connectivity index (χ4n) is 2.01. The normalized spacial score (nSPS) is 12.0. The highest BCUT2D eigenvalue weighted by molar-refractivity contribution is 7.89. The average Bonchev–Trinajstić information content (AvgIpc) is 2.83. The summed E-state index contributed by atoms with van der Waals surface area (Å²) in [5, 5.41) is 1.79. The van der Waals surface area contributed by atoms with Crippen LogP contribution < -0.4 is 0 Å². The smallest absolute Gasteiger partial charge is 0.207 e. The number of alkyl halides is 1. The molecule has 0 fully saturated rings. The molecule has 3 nitrogen and oxygen atoms in total. The zero-order valence-electron chi connectivity index (χ0n) is 11.6.